The first-order valence-electron chi connectivity index (χ1n) is 7.13. The van der Waals surface area contributed by atoms with Gasteiger partial charge in [0.05, 0.1) is 0 Å². The number of hydrogen-bond acceptors (Lipinski definition) is 5. The Morgan fingerprint density at radius 2 is 1.80 bits per heavy atom. The smallest absolute Gasteiger partial charge is 0.221 e. The van der Waals surface area contributed by atoms with E-state index in [1.165, 1.54) is 6.33 Å². The summed E-state index contributed by atoms with van der Waals surface area (Å²) in [7, 11) is 0. The zero-order chi connectivity index (χ0) is 15.0. The van der Waals surface area contributed by atoms with Crippen molar-refractivity contribution in [3.63, 3.8) is 0 Å². The topological polar surface area (TPSA) is 78.9 Å². The fourth-order valence-electron chi connectivity index (χ4n) is 1.74. The molecule has 1 aromatic heterocycles. The number of anilines is 2. The Kier molecular flexibility index (Phi) is 6.76. The summed E-state index contributed by atoms with van der Waals surface area (Å²) < 4.78 is 0. The van der Waals surface area contributed by atoms with Crippen LogP contribution in [-0.4, -0.2) is 35.0 Å². The van der Waals surface area contributed by atoms with Crippen LogP contribution in [0.1, 0.15) is 39.2 Å². The molecule has 0 aliphatic heterocycles. The molecular weight excluding hydrogens is 254 g/mol. The molecule has 1 aromatic rings. The number of hydrogen-bond donors (Lipinski definition) is 3. The van der Waals surface area contributed by atoms with Crippen molar-refractivity contribution in [3.8, 4) is 0 Å². The first-order valence-corrected chi connectivity index (χ1v) is 7.13. The highest BCUT2D eigenvalue weighted by Crippen LogP contribution is 2.17. The zero-order valence-electron chi connectivity index (χ0n) is 12.8. The Morgan fingerprint density at radius 1 is 1.20 bits per heavy atom. The molecule has 1 heterocycles. The van der Waals surface area contributed by atoms with Crippen LogP contribution in [0.3, 0.4) is 0 Å². The molecule has 0 aliphatic carbocycles. The lowest BCUT2D eigenvalue weighted by atomic mass is 10.3. The molecule has 20 heavy (non-hydrogen) atoms. The van der Waals surface area contributed by atoms with Gasteiger partial charge in [-0.15, -0.1) is 0 Å². The molecule has 0 saturated carbocycles. The molecule has 1 rings (SSSR count). The minimum absolute atomic E-state index is 0.0449. The molecule has 0 fully saturated rings. The van der Waals surface area contributed by atoms with Crippen LogP contribution in [0.15, 0.2) is 6.33 Å². The highest BCUT2D eigenvalue weighted by molar-refractivity contribution is 5.76. The maximum Gasteiger partial charge on any atom is 0.221 e. The second-order valence-electron chi connectivity index (χ2n) is 5.02. The lowest BCUT2D eigenvalue weighted by Crippen LogP contribution is -2.31. The zero-order valence-corrected chi connectivity index (χ0v) is 12.8. The molecule has 0 spiro atoms. The summed E-state index contributed by atoms with van der Waals surface area (Å²) in [4.78, 5) is 20.0. The van der Waals surface area contributed by atoms with Gasteiger partial charge in [-0.05, 0) is 27.2 Å². The van der Waals surface area contributed by atoms with Crippen LogP contribution in [0, 0.1) is 6.92 Å². The van der Waals surface area contributed by atoms with E-state index in [-0.39, 0.29) is 11.9 Å². The summed E-state index contributed by atoms with van der Waals surface area (Å²) in [5, 5.41) is 9.30. The minimum atomic E-state index is 0.0449. The van der Waals surface area contributed by atoms with E-state index in [4.69, 9.17) is 0 Å². The molecule has 6 nitrogen and oxygen atoms in total. The van der Waals surface area contributed by atoms with Crippen molar-refractivity contribution in [2.24, 2.45) is 0 Å². The number of aromatic nitrogens is 2. The largest absolute Gasteiger partial charge is 0.370 e. The van der Waals surface area contributed by atoms with E-state index in [1.807, 2.05) is 20.8 Å². The Labute approximate surface area is 120 Å². The molecule has 0 aliphatic rings. The maximum absolute atomic E-state index is 11.5. The molecule has 0 aromatic carbocycles. The van der Waals surface area contributed by atoms with Crippen molar-refractivity contribution >= 4 is 17.5 Å². The molecule has 3 N–H and O–H groups in total. The highest BCUT2D eigenvalue weighted by atomic mass is 16.1. The SMILES string of the molecule is CCCNc1ncnc(NCCC(=O)NC(C)C)c1C. The van der Waals surface area contributed by atoms with Gasteiger partial charge in [-0.1, -0.05) is 6.92 Å². The molecule has 0 saturated heterocycles. The lowest BCUT2D eigenvalue weighted by Gasteiger charge is -2.13. The Bertz CT molecular complexity index is 434. The molecule has 0 bridgehead atoms. The minimum Gasteiger partial charge on any atom is -0.370 e. The van der Waals surface area contributed by atoms with E-state index < -0.39 is 0 Å². The van der Waals surface area contributed by atoms with Gasteiger partial charge in [0.25, 0.3) is 0 Å². The number of carbonyl (C=O) groups is 1. The Balaban J connectivity index is 2.49. The fourth-order valence-corrected chi connectivity index (χ4v) is 1.74. The van der Waals surface area contributed by atoms with Crippen LogP contribution in [0.25, 0.3) is 0 Å². The summed E-state index contributed by atoms with van der Waals surface area (Å²) in [5.41, 5.74) is 0.977. The molecular formula is C14H25N5O. The highest BCUT2D eigenvalue weighted by Gasteiger charge is 2.07. The van der Waals surface area contributed by atoms with Gasteiger partial charge in [0.1, 0.15) is 18.0 Å². The number of rotatable bonds is 8. The van der Waals surface area contributed by atoms with Gasteiger partial charge in [0.2, 0.25) is 5.91 Å². The standard InChI is InChI=1S/C14H25N5O/c1-5-7-15-13-11(4)14(18-9-17-13)16-8-6-12(20)19-10(2)3/h9-10H,5-8H2,1-4H3,(H,19,20)(H2,15,16,17,18). The van der Waals surface area contributed by atoms with E-state index in [0.717, 1.165) is 30.2 Å². The van der Waals surface area contributed by atoms with Crippen molar-refractivity contribution in [2.75, 3.05) is 23.7 Å². The van der Waals surface area contributed by atoms with Gasteiger partial charge >= 0.3 is 0 Å². The average Bonchev–Trinajstić information content (AvgIpc) is 2.38. The lowest BCUT2D eigenvalue weighted by molar-refractivity contribution is -0.121. The van der Waals surface area contributed by atoms with Gasteiger partial charge in [-0.25, -0.2) is 9.97 Å². The Morgan fingerprint density at radius 3 is 2.35 bits per heavy atom. The first kappa shape index (κ1) is 16.2. The van der Waals surface area contributed by atoms with E-state index in [1.54, 1.807) is 0 Å². The number of carbonyl (C=O) groups excluding carboxylic acids is 1. The molecule has 0 radical (unpaired) electrons. The van der Waals surface area contributed by atoms with E-state index in [9.17, 15) is 4.79 Å². The third kappa shape index (κ3) is 5.42. The van der Waals surface area contributed by atoms with E-state index in [2.05, 4.69) is 32.8 Å². The second kappa shape index (κ2) is 8.35. The normalized spacial score (nSPS) is 10.4. The van der Waals surface area contributed by atoms with Crippen LogP contribution in [0.2, 0.25) is 0 Å². The van der Waals surface area contributed by atoms with Crippen LogP contribution < -0.4 is 16.0 Å². The van der Waals surface area contributed by atoms with Crippen LogP contribution in [0.5, 0.6) is 0 Å². The summed E-state index contributed by atoms with van der Waals surface area (Å²) in [6.45, 7) is 9.42. The van der Waals surface area contributed by atoms with Gasteiger partial charge in [0, 0.05) is 31.1 Å². The molecule has 6 heteroatoms. The quantitative estimate of drug-likeness (QED) is 0.677. The van der Waals surface area contributed by atoms with E-state index >= 15 is 0 Å². The maximum atomic E-state index is 11.5. The van der Waals surface area contributed by atoms with Crippen molar-refractivity contribution < 1.29 is 4.79 Å². The molecule has 0 atom stereocenters. The third-order valence-electron chi connectivity index (χ3n) is 2.72. The second-order valence-corrected chi connectivity index (χ2v) is 5.02. The number of amides is 1. The Hall–Kier alpha value is -1.85. The summed E-state index contributed by atoms with van der Waals surface area (Å²) >= 11 is 0. The van der Waals surface area contributed by atoms with Gasteiger partial charge < -0.3 is 16.0 Å². The van der Waals surface area contributed by atoms with Crippen molar-refractivity contribution in [1.82, 2.24) is 15.3 Å². The van der Waals surface area contributed by atoms with Gasteiger partial charge in [0.15, 0.2) is 0 Å². The molecule has 1 amide bonds. The predicted molar refractivity (Wildman–Crippen MR) is 81.9 cm³/mol. The van der Waals surface area contributed by atoms with E-state index in [0.29, 0.717) is 13.0 Å². The number of nitrogens with zero attached hydrogens (tertiary/aromatic N) is 2. The molecule has 112 valence electrons. The summed E-state index contributed by atoms with van der Waals surface area (Å²) in [6, 6.07) is 0.174. The summed E-state index contributed by atoms with van der Waals surface area (Å²) in [5.74, 6) is 1.66. The van der Waals surface area contributed by atoms with Crippen molar-refractivity contribution in [1.29, 1.82) is 0 Å². The van der Waals surface area contributed by atoms with Crippen LogP contribution >= 0.6 is 0 Å². The number of nitrogens with one attached hydrogen (secondary N) is 3. The predicted octanol–water partition coefficient (Wildman–Crippen LogP) is 1.93. The first-order chi connectivity index (χ1) is 9.54. The van der Waals surface area contributed by atoms with Crippen molar-refractivity contribution in [2.45, 2.75) is 46.6 Å². The monoisotopic (exact) mass is 279 g/mol. The average molecular weight is 279 g/mol. The van der Waals surface area contributed by atoms with Crippen molar-refractivity contribution in [3.05, 3.63) is 11.9 Å². The van der Waals surface area contributed by atoms with Crippen LogP contribution in [-0.2, 0) is 4.79 Å². The van der Waals surface area contributed by atoms with Crippen LogP contribution in [0.4, 0.5) is 11.6 Å². The fraction of sp³-hybridized carbons (Fsp3) is 0.643. The van der Waals surface area contributed by atoms with Gasteiger partial charge in [-0.3, -0.25) is 4.79 Å². The van der Waals surface area contributed by atoms with Gasteiger partial charge in [-0.2, -0.15) is 0 Å². The third-order valence-corrected chi connectivity index (χ3v) is 2.72. The molecule has 0 unspecified atom stereocenters. The summed E-state index contributed by atoms with van der Waals surface area (Å²) in [6.07, 6.45) is 3.00.